The number of benzene rings is 1. The molecule has 1 unspecified atom stereocenters. The minimum atomic E-state index is -4.22. The van der Waals surface area contributed by atoms with Crippen LogP contribution in [-0.4, -0.2) is 48.2 Å². The van der Waals surface area contributed by atoms with Crippen molar-refractivity contribution in [2.45, 2.75) is 17.0 Å². The van der Waals surface area contributed by atoms with Gasteiger partial charge in [-0.3, -0.25) is 4.90 Å². The van der Waals surface area contributed by atoms with Gasteiger partial charge in [0.2, 0.25) is 0 Å². The molecule has 19 heavy (non-hydrogen) atoms. The molecular weight excluding hydrogens is 275 g/mol. The zero-order chi connectivity index (χ0) is 13.9. The predicted molar refractivity (Wildman–Crippen MR) is 69.5 cm³/mol. The molecule has 0 radical (unpaired) electrons. The molecule has 0 spiro atoms. The van der Waals surface area contributed by atoms with E-state index >= 15 is 0 Å². The van der Waals surface area contributed by atoms with E-state index in [1.54, 1.807) is 11.8 Å². The fourth-order valence-corrected chi connectivity index (χ4v) is 3.56. The molecule has 0 bridgehead atoms. The van der Waals surface area contributed by atoms with Gasteiger partial charge in [-0.2, -0.15) is 13.2 Å². The van der Waals surface area contributed by atoms with Gasteiger partial charge in [-0.05, 0) is 11.6 Å². The summed E-state index contributed by atoms with van der Waals surface area (Å²) in [5.41, 5.74) is 1.12. The Morgan fingerprint density at radius 1 is 1.32 bits per heavy atom. The van der Waals surface area contributed by atoms with E-state index < -0.39 is 12.7 Å². The van der Waals surface area contributed by atoms with Crippen LogP contribution in [0, 0.1) is 0 Å². The molecule has 1 N–H and O–H groups in total. The molecule has 0 saturated heterocycles. The van der Waals surface area contributed by atoms with Gasteiger partial charge in [0.15, 0.2) is 0 Å². The lowest BCUT2D eigenvalue weighted by Crippen LogP contribution is -2.38. The molecule has 6 heteroatoms. The summed E-state index contributed by atoms with van der Waals surface area (Å²) in [5, 5.41) is 8.89. The highest BCUT2D eigenvalue weighted by Gasteiger charge is 2.33. The van der Waals surface area contributed by atoms with E-state index in [0.29, 0.717) is 6.54 Å². The summed E-state index contributed by atoms with van der Waals surface area (Å²) < 4.78 is 37.4. The Bertz CT molecular complexity index is 425. The van der Waals surface area contributed by atoms with Crippen molar-refractivity contribution in [3.8, 4) is 0 Å². The molecule has 0 saturated carbocycles. The number of aliphatic hydroxyl groups excluding tert-OH is 1. The van der Waals surface area contributed by atoms with Crippen LogP contribution in [0.3, 0.4) is 0 Å². The quantitative estimate of drug-likeness (QED) is 0.902. The number of hydrogen-bond donors (Lipinski definition) is 1. The average molecular weight is 291 g/mol. The number of aliphatic hydroxyl groups is 1. The van der Waals surface area contributed by atoms with Crippen molar-refractivity contribution in [2.75, 3.05) is 32.0 Å². The van der Waals surface area contributed by atoms with Gasteiger partial charge in [-0.1, -0.05) is 18.2 Å². The van der Waals surface area contributed by atoms with Gasteiger partial charge in [0.1, 0.15) is 0 Å². The van der Waals surface area contributed by atoms with E-state index in [2.05, 4.69) is 0 Å². The monoisotopic (exact) mass is 291 g/mol. The maximum absolute atomic E-state index is 12.5. The molecule has 2 nitrogen and oxygen atoms in total. The largest absolute Gasteiger partial charge is 0.401 e. The zero-order valence-electron chi connectivity index (χ0n) is 10.4. The molecule has 0 aliphatic carbocycles. The van der Waals surface area contributed by atoms with Crippen LogP contribution < -0.4 is 0 Å². The van der Waals surface area contributed by atoms with Crippen LogP contribution in [-0.2, 0) is 0 Å². The fourth-order valence-electron chi connectivity index (χ4n) is 2.32. The summed E-state index contributed by atoms with van der Waals surface area (Å²) in [6.45, 7) is -0.818. The van der Waals surface area contributed by atoms with Gasteiger partial charge in [-0.15, -0.1) is 11.8 Å². The number of fused-ring (bicyclic) bond motifs is 1. The van der Waals surface area contributed by atoms with E-state index in [9.17, 15) is 13.2 Å². The number of thioether (sulfide) groups is 1. The van der Waals surface area contributed by atoms with E-state index in [1.165, 1.54) is 4.90 Å². The summed E-state index contributed by atoms with van der Waals surface area (Å²) in [6, 6.07) is 7.83. The molecule has 0 fully saturated rings. The lowest BCUT2D eigenvalue weighted by atomic mass is 10.0. The Balaban J connectivity index is 2.02. The van der Waals surface area contributed by atoms with E-state index in [1.807, 2.05) is 24.3 Å². The molecule has 1 aromatic rings. The van der Waals surface area contributed by atoms with Gasteiger partial charge >= 0.3 is 6.18 Å². The molecule has 0 amide bonds. The van der Waals surface area contributed by atoms with E-state index in [4.69, 9.17) is 5.11 Å². The number of nitrogens with zero attached hydrogens (tertiary/aromatic N) is 1. The van der Waals surface area contributed by atoms with Crippen LogP contribution in [0.1, 0.15) is 11.5 Å². The first-order valence-corrected chi connectivity index (χ1v) is 7.10. The third kappa shape index (κ3) is 4.12. The Morgan fingerprint density at radius 2 is 2.05 bits per heavy atom. The number of halogens is 3. The number of rotatable bonds is 5. The lowest BCUT2D eigenvalue weighted by molar-refractivity contribution is -0.147. The predicted octanol–water partition coefficient (Wildman–Crippen LogP) is 2.73. The SMILES string of the molecule is OCCN(CC1CSc2ccccc21)CC(F)(F)F. The standard InChI is InChI=1S/C13H16F3NOS/c14-13(15,16)9-17(5-6-18)7-10-8-19-12-4-2-1-3-11(10)12/h1-4,10,18H,5-9H2. The first-order valence-electron chi connectivity index (χ1n) is 6.11. The minimum Gasteiger partial charge on any atom is -0.395 e. The van der Waals surface area contributed by atoms with Crippen molar-refractivity contribution in [1.82, 2.24) is 4.90 Å². The summed E-state index contributed by atoms with van der Waals surface area (Å²) in [4.78, 5) is 2.44. The van der Waals surface area contributed by atoms with Crippen molar-refractivity contribution in [3.05, 3.63) is 29.8 Å². The topological polar surface area (TPSA) is 23.5 Å². The molecule has 1 aliphatic heterocycles. The van der Waals surface area contributed by atoms with Crippen molar-refractivity contribution in [1.29, 1.82) is 0 Å². The van der Waals surface area contributed by atoms with Crippen LogP contribution >= 0.6 is 11.8 Å². The van der Waals surface area contributed by atoms with Crippen molar-refractivity contribution >= 4 is 11.8 Å². The molecule has 1 heterocycles. The first kappa shape index (κ1) is 14.7. The highest BCUT2D eigenvalue weighted by Crippen LogP contribution is 2.39. The Morgan fingerprint density at radius 3 is 2.74 bits per heavy atom. The Hall–Kier alpha value is -0.720. The van der Waals surface area contributed by atoms with Crippen LogP contribution in [0.5, 0.6) is 0 Å². The van der Waals surface area contributed by atoms with E-state index in [0.717, 1.165) is 16.2 Å². The maximum atomic E-state index is 12.5. The van der Waals surface area contributed by atoms with Crippen molar-refractivity contribution in [2.24, 2.45) is 0 Å². The molecule has 2 rings (SSSR count). The smallest absolute Gasteiger partial charge is 0.395 e. The summed E-state index contributed by atoms with van der Waals surface area (Å²) in [6.07, 6.45) is -4.22. The normalized spacial score (nSPS) is 18.9. The third-order valence-electron chi connectivity index (χ3n) is 3.10. The molecular formula is C13H16F3NOS. The Labute approximate surface area is 114 Å². The molecule has 1 aromatic carbocycles. The van der Waals surface area contributed by atoms with Crippen LogP contribution in [0.4, 0.5) is 13.2 Å². The third-order valence-corrected chi connectivity index (χ3v) is 4.35. The zero-order valence-corrected chi connectivity index (χ0v) is 11.2. The summed E-state index contributed by atoms with van der Waals surface area (Å²) in [7, 11) is 0. The fraction of sp³-hybridized carbons (Fsp3) is 0.538. The molecule has 1 aliphatic rings. The second kappa shape index (κ2) is 6.15. The highest BCUT2D eigenvalue weighted by atomic mass is 32.2. The average Bonchev–Trinajstić information content (AvgIpc) is 2.71. The second-order valence-corrected chi connectivity index (χ2v) is 5.68. The molecule has 1 atom stereocenters. The van der Waals surface area contributed by atoms with Gasteiger partial charge in [0.25, 0.3) is 0 Å². The van der Waals surface area contributed by atoms with Crippen molar-refractivity contribution in [3.63, 3.8) is 0 Å². The van der Waals surface area contributed by atoms with Gasteiger partial charge in [0.05, 0.1) is 13.2 Å². The number of hydrogen-bond acceptors (Lipinski definition) is 3. The van der Waals surface area contributed by atoms with Crippen LogP contribution in [0.2, 0.25) is 0 Å². The van der Waals surface area contributed by atoms with Crippen LogP contribution in [0.25, 0.3) is 0 Å². The number of alkyl halides is 3. The Kier molecular flexibility index (Phi) is 4.76. The first-order chi connectivity index (χ1) is 8.99. The van der Waals surface area contributed by atoms with Gasteiger partial charge < -0.3 is 5.11 Å². The second-order valence-electron chi connectivity index (χ2n) is 4.62. The minimum absolute atomic E-state index is 0.0584. The van der Waals surface area contributed by atoms with Crippen LogP contribution in [0.15, 0.2) is 29.2 Å². The summed E-state index contributed by atoms with van der Waals surface area (Å²) in [5.74, 6) is 0.911. The van der Waals surface area contributed by atoms with E-state index in [-0.39, 0.29) is 19.1 Å². The highest BCUT2D eigenvalue weighted by molar-refractivity contribution is 7.99. The van der Waals surface area contributed by atoms with Gasteiger partial charge in [0, 0.05) is 29.7 Å². The van der Waals surface area contributed by atoms with Crippen molar-refractivity contribution < 1.29 is 18.3 Å². The molecule has 106 valence electrons. The van der Waals surface area contributed by atoms with Gasteiger partial charge in [-0.25, -0.2) is 0 Å². The molecule has 0 aromatic heterocycles. The summed E-state index contributed by atoms with van der Waals surface area (Å²) >= 11 is 1.68. The lowest BCUT2D eigenvalue weighted by Gasteiger charge is -2.25. The maximum Gasteiger partial charge on any atom is 0.401 e.